The average molecular weight is 234 g/mol. The van der Waals surface area contributed by atoms with Crippen LogP contribution >= 0.6 is 0 Å². The van der Waals surface area contributed by atoms with Crippen molar-refractivity contribution in [1.82, 2.24) is 10.1 Å². The second kappa shape index (κ2) is 4.38. The van der Waals surface area contributed by atoms with Gasteiger partial charge in [0.15, 0.2) is 0 Å². The van der Waals surface area contributed by atoms with Gasteiger partial charge >= 0.3 is 0 Å². The average Bonchev–Trinajstić information content (AvgIpc) is 2.64. The van der Waals surface area contributed by atoms with E-state index in [1.807, 2.05) is 30.3 Å². The van der Waals surface area contributed by atoms with Crippen molar-refractivity contribution < 1.29 is 10.4 Å². The molecular weight excluding hydrogens is 216 g/mol. The Morgan fingerprint density at radius 1 is 0.882 bits per heavy atom. The lowest BCUT2D eigenvalue weighted by Gasteiger charge is -2.27. The lowest BCUT2D eigenvalue weighted by atomic mass is 9.91. The Hall–Kier alpha value is -0.940. The molecule has 0 radical (unpaired) electrons. The molecule has 2 N–H and O–H groups in total. The number of hydroxylamine groups is 4. The Morgan fingerprint density at radius 2 is 1.41 bits per heavy atom. The van der Waals surface area contributed by atoms with Crippen LogP contribution in [-0.2, 0) is 0 Å². The van der Waals surface area contributed by atoms with Gasteiger partial charge in [0.25, 0.3) is 0 Å². The van der Waals surface area contributed by atoms with Crippen molar-refractivity contribution in [2.75, 3.05) is 0 Å². The van der Waals surface area contributed by atoms with Gasteiger partial charge < -0.3 is 10.4 Å². The van der Waals surface area contributed by atoms with E-state index in [9.17, 15) is 10.4 Å². The molecule has 1 aliphatic carbocycles. The van der Waals surface area contributed by atoms with Crippen LogP contribution in [0.2, 0.25) is 0 Å². The van der Waals surface area contributed by atoms with Crippen molar-refractivity contribution >= 4 is 0 Å². The second-order valence-corrected chi connectivity index (χ2v) is 4.96. The van der Waals surface area contributed by atoms with Crippen molar-refractivity contribution in [1.29, 1.82) is 0 Å². The molecule has 0 unspecified atom stereocenters. The molecule has 1 saturated carbocycles. The first kappa shape index (κ1) is 11.2. The summed E-state index contributed by atoms with van der Waals surface area (Å²) in [5.41, 5.74) is 0.937. The number of nitrogens with zero attached hydrogens (tertiary/aromatic N) is 2. The molecule has 4 heteroatoms. The lowest BCUT2D eigenvalue weighted by molar-refractivity contribution is -0.211. The van der Waals surface area contributed by atoms with E-state index in [-0.39, 0.29) is 12.1 Å². The molecule has 1 aromatic rings. The Kier molecular flexibility index (Phi) is 2.88. The largest absolute Gasteiger partial charge is 0.312 e. The van der Waals surface area contributed by atoms with Crippen LogP contribution in [0.3, 0.4) is 0 Å². The van der Waals surface area contributed by atoms with Crippen LogP contribution in [0, 0.1) is 0 Å². The van der Waals surface area contributed by atoms with Gasteiger partial charge in [0, 0.05) is 0 Å². The summed E-state index contributed by atoms with van der Waals surface area (Å²) in [6.45, 7) is 0. The first-order valence-corrected chi connectivity index (χ1v) is 6.28. The molecule has 0 bridgehead atoms. The molecule has 1 aromatic carbocycles. The van der Waals surface area contributed by atoms with Crippen LogP contribution in [0.25, 0.3) is 0 Å². The van der Waals surface area contributed by atoms with Crippen molar-refractivity contribution in [3.8, 4) is 0 Å². The molecule has 2 fully saturated rings. The highest BCUT2D eigenvalue weighted by Gasteiger charge is 2.47. The fourth-order valence-electron chi connectivity index (χ4n) is 3.12. The topological polar surface area (TPSA) is 46.9 Å². The monoisotopic (exact) mass is 234 g/mol. The van der Waals surface area contributed by atoms with Gasteiger partial charge in [-0.3, -0.25) is 0 Å². The molecule has 4 nitrogen and oxygen atoms in total. The van der Waals surface area contributed by atoms with Crippen LogP contribution in [-0.4, -0.2) is 32.6 Å². The highest BCUT2D eigenvalue weighted by atomic mass is 16.6. The summed E-state index contributed by atoms with van der Waals surface area (Å²) in [5.74, 6) is 0. The zero-order chi connectivity index (χ0) is 11.8. The second-order valence-electron chi connectivity index (χ2n) is 4.96. The first-order chi connectivity index (χ1) is 8.29. The minimum atomic E-state index is -0.413. The molecule has 0 aromatic heterocycles. The number of fused-ring (bicyclic) bond motifs is 1. The highest BCUT2D eigenvalue weighted by molar-refractivity contribution is 5.20. The van der Waals surface area contributed by atoms with E-state index in [4.69, 9.17) is 0 Å². The summed E-state index contributed by atoms with van der Waals surface area (Å²) in [5, 5.41) is 23.1. The zero-order valence-corrected chi connectivity index (χ0v) is 9.74. The molecule has 2 atom stereocenters. The van der Waals surface area contributed by atoms with Gasteiger partial charge in [0.05, 0.1) is 12.1 Å². The van der Waals surface area contributed by atoms with Gasteiger partial charge in [-0.15, -0.1) is 0 Å². The van der Waals surface area contributed by atoms with Crippen molar-refractivity contribution in [2.45, 2.75) is 43.9 Å². The summed E-state index contributed by atoms with van der Waals surface area (Å²) < 4.78 is 0. The normalized spacial score (nSPS) is 31.6. The molecule has 1 heterocycles. The third-order valence-electron chi connectivity index (χ3n) is 3.97. The maximum atomic E-state index is 10.2. The minimum absolute atomic E-state index is 0.0685. The minimum Gasteiger partial charge on any atom is -0.312 e. The van der Waals surface area contributed by atoms with Crippen LogP contribution in [0.4, 0.5) is 0 Å². The molecule has 1 saturated heterocycles. The molecule has 1 aliphatic heterocycles. The maximum absolute atomic E-state index is 10.2. The summed E-state index contributed by atoms with van der Waals surface area (Å²) in [4.78, 5) is 0. The maximum Gasteiger partial charge on any atom is 0.136 e. The molecule has 0 spiro atoms. The third kappa shape index (κ3) is 1.77. The predicted molar refractivity (Wildman–Crippen MR) is 62.5 cm³/mol. The molecule has 3 rings (SSSR count). The standard InChI is InChI=1S/C13H18N2O2/c16-14-11-8-4-5-9-12(11)15(17)13(14)10-6-2-1-3-7-10/h1-3,6-7,11-13,16-17H,4-5,8-9H2/t11-,12-/m0/s1. The molecule has 92 valence electrons. The molecule has 2 aliphatic rings. The van der Waals surface area contributed by atoms with Gasteiger partial charge in [0.2, 0.25) is 0 Å². The van der Waals surface area contributed by atoms with Crippen molar-refractivity contribution in [2.24, 2.45) is 0 Å². The van der Waals surface area contributed by atoms with E-state index < -0.39 is 6.17 Å². The molecule has 17 heavy (non-hydrogen) atoms. The predicted octanol–water partition coefficient (Wildman–Crippen LogP) is 2.39. The number of benzene rings is 1. The van der Waals surface area contributed by atoms with Gasteiger partial charge in [-0.1, -0.05) is 43.2 Å². The van der Waals surface area contributed by atoms with Crippen LogP contribution < -0.4 is 0 Å². The Balaban J connectivity index is 1.90. The fourth-order valence-corrected chi connectivity index (χ4v) is 3.12. The van der Waals surface area contributed by atoms with Crippen LogP contribution in [0.15, 0.2) is 30.3 Å². The molecule has 0 amide bonds. The van der Waals surface area contributed by atoms with E-state index in [1.165, 1.54) is 10.1 Å². The third-order valence-corrected chi connectivity index (χ3v) is 3.97. The van der Waals surface area contributed by atoms with Gasteiger partial charge in [0.1, 0.15) is 6.17 Å². The number of rotatable bonds is 1. The number of hydrogen-bond donors (Lipinski definition) is 2. The summed E-state index contributed by atoms with van der Waals surface area (Å²) >= 11 is 0. The summed E-state index contributed by atoms with van der Waals surface area (Å²) in [7, 11) is 0. The summed E-state index contributed by atoms with van der Waals surface area (Å²) in [6.07, 6.45) is 3.77. The van der Waals surface area contributed by atoms with E-state index in [0.29, 0.717) is 0 Å². The lowest BCUT2D eigenvalue weighted by Crippen LogP contribution is -2.37. The van der Waals surface area contributed by atoms with Gasteiger partial charge in [-0.05, 0) is 18.4 Å². The first-order valence-electron chi connectivity index (χ1n) is 6.28. The highest BCUT2D eigenvalue weighted by Crippen LogP contribution is 2.40. The zero-order valence-electron chi connectivity index (χ0n) is 9.74. The van der Waals surface area contributed by atoms with E-state index in [2.05, 4.69) is 0 Å². The molecular formula is C13H18N2O2. The fraction of sp³-hybridized carbons (Fsp3) is 0.538. The van der Waals surface area contributed by atoms with Crippen LogP contribution in [0.1, 0.15) is 37.4 Å². The van der Waals surface area contributed by atoms with E-state index in [1.54, 1.807) is 0 Å². The van der Waals surface area contributed by atoms with Crippen molar-refractivity contribution in [3.63, 3.8) is 0 Å². The summed E-state index contributed by atoms with van der Waals surface area (Å²) in [6, 6.07) is 9.81. The number of hydrogen-bond acceptors (Lipinski definition) is 4. The van der Waals surface area contributed by atoms with Crippen molar-refractivity contribution in [3.05, 3.63) is 35.9 Å². The van der Waals surface area contributed by atoms with Crippen LogP contribution in [0.5, 0.6) is 0 Å². The van der Waals surface area contributed by atoms with E-state index >= 15 is 0 Å². The smallest absolute Gasteiger partial charge is 0.136 e. The van der Waals surface area contributed by atoms with Gasteiger partial charge in [-0.2, -0.15) is 10.1 Å². The SMILES string of the molecule is ON1C(c2ccccc2)N(O)[C@H]2CCCC[C@@H]21. The Morgan fingerprint density at radius 3 is 1.94 bits per heavy atom. The Labute approximate surface area is 101 Å². The van der Waals surface area contributed by atoms with E-state index in [0.717, 1.165) is 31.2 Å². The van der Waals surface area contributed by atoms with Gasteiger partial charge in [-0.25, -0.2) is 0 Å². The Bertz CT molecular complexity index is 366. The quantitative estimate of drug-likeness (QED) is 0.783.